The summed E-state index contributed by atoms with van der Waals surface area (Å²) in [6.07, 6.45) is 2.56. The molecule has 1 atom stereocenters. The van der Waals surface area contributed by atoms with Gasteiger partial charge in [0, 0.05) is 26.7 Å². The van der Waals surface area contributed by atoms with Gasteiger partial charge < -0.3 is 9.47 Å². The van der Waals surface area contributed by atoms with Gasteiger partial charge in [0.2, 0.25) is 0 Å². The fourth-order valence-electron chi connectivity index (χ4n) is 2.10. The van der Waals surface area contributed by atoms with Gasteiger partial charge in [-0.15, -0.1) is 10.2 Å². The molecule has 0 aromatic carbocycles. The van der Waals surface area contributed by atoms with Crippen LogP contribution in [0.1, 0.15) is 18.7 Å². The number of sulfonamides is 1. The first kappa shape index (κ1) is 14.4. The molecule has 0 spiro atoms. The van der Waals surface area contributed by atoms with E-state index in [0.29, 0.717) is 25.4 Å². The Bertz CT molecular complexity index is 522. The van der Waals surface area contributed by atoms with Gasteiger partial charge in [-0.1, -0.05) is 0 Å². The van der Waals surface area contributed by atoms with Gasteiger partial charge >= 0.3 is 0 Å². The van der Waals surface area contributed by atoms with Crippen molar-refractivity contribution in [3.8, 4) is 0 Å². The zero-order valence-corrected chi connectivity index (χ0v) is 11.6. The van der Waals surface area contributed by atoms with E-state index in [2.05, 4.69) is 10.2 Å². The lowest BCUT2D eigenvalue weighted by Gasteiger charge is -2.11. The third kappa shape index (κ3) is 3.50. The number of aromatic nitrogens is 3. The van der Waals surface area contributed by atoms with Crippen molar-refractivity contribution in [1.29, 1.82) is 0 Å². The monoisotopic (exact) mass is 290 g/mol. The molecule has 1 fully saturated rings. The highest BCUT2D eigenvalue weighted by molar-refractivity contribution is 7.89. The lowest BCUT2D eigenvalue weighted by molar-refractivity contribution is 0.108. The second-order valence-electron chi connectivity index (χ2n) is 4.43. The molecule has 1 aliphatic heterocycles. The number of hydrogen-bond acceptors (Lipinski definition) is 6. The van der Waals surface area contributed by atoms with Crippen LogP contribution in [-0.2, 0) is 32.5 Å². The summed E-state index contributed by atoms with van der Waals surface area (Å²) in [6, 6.07) is 0. The minimum atomic E-state index is -3.88. The number of methoxy groups -OCH3 is 1. The topological polar surface area (TPSA) is 109 Å². The molecule has 1 aromatic rings. The molecule has 19 heavy (non-hydrogen) atoms. The van der Waals surface area contributed by atoms with E-state index in [0.717, 1.165) is 19.4 Å². The highest BCUT2D eigenvalue weighted by Gasteiger charge is 2.24. The van der Waals surface area contributed by atoms with Crippen LogP contribution in [0.3, 0.4) is 0 Å². The van der Waals surface area contributed by atoms with Gasteiger partial charge in [-0.3, -0.25) is 4.57 Å². The summed E-state index contributed by atoms with van der Waals surface area (Å²) < 4.78 is 34.9. The summed E-state index contributed by atoms with van der Waals surface area (Å²) in [7, 11) is -2.34. The maximum Gasteiger partial charge on any atom is 0.273 e. The van der Waals surface area contributed by atoms with Gasteiger partial charge in [-0.05, 0) is 12.8 Å². The first-order chi connectivity index (χ1) is 9.02. The Morgan fingerprint density at radius 3 is 2.89 bits per heavy atom. The lowest BCUT2D eigenvalue weighted by Crippen LogP contribution is -2.22. The van der Waals surface area contributed by atoms with Crippen molar-refractivity contribution in [2.24, 2.45) is 5.14 Å². The van der Waals surface area contributed by atoms with E-state index in [1.54, 1.807) is 7.11 Å². The number of hydrogen-bond donors (Lipinski definition) is 1. The number of rotatable bonds is 6. The summed E-state index contributed by atoms with van der Waals surface area (Å²) in [5.74, 6) is 0.563. The maximum atomic E-state index is 11.4. The molecule has 2 heterocycles. The molecule has 0 amide bonds. The zero-order valence-electron chi connectivity index (χ0n) is 10.8. The average Bonchev–Trinajstić information content (AvgIpc) is 2.96. The Kier molecular flexibility index (Phi) is 4.50. The lowest BCUT2D eigenvalue weighted by atomic mass is 10.2. The molecule has 1 aliphatic rings. The molecule has 0 bridgehead atoms. The van der Waals surface area contributed by atoms with Crippen LogP contribution in [0.25, 0.3) is 0 Å². The zero-order chi connectivity index (χ0) is 13.9. The van der Waals surface area contributed by atoms with E-state index in [-0.39, 0.29) is 11.3 Å². The Morgan fingerprint density at radius 1 is 1.53 bits per heavy atom. The molecule has 0 radical (unpaired) electrons. The first-order valence-electron chi connectivity index (χ1n) is 6.08. The van der Waals surface area contributed by atoms with Crippen LogP contribution in [0, 0.1) is 0 Å². The molecule has 2 rings (SSSR count). The molecule has 0 aliphatic carbocycles. The number of nitrogens with zero attached hydrogens (tertiary/aromatic N) is 3. The van der Waals surface area contributed by atoms with Crippen LogP contribution in [0.4, 0.5) is 0 Å². The van der Waals surface area contributed by atoms with Crippen LogP contribution in [0.2, 0.25) is 0 Å². The third-order valence-electron chi connectivity index (χ3n) is 3.00. The van der Waals surface area contributed by atoms with E-state index in [4.69, 9.17) is 14.6 Å². The highest BCUT2D eigenvalue weighted by Crippen LogP contribution is 2.17. The van der Waals surface area contributed by atoms with Gasteiger partial charge in [0.15, 0.2) is 0 Å². The summed E-state index contributed by atoms with van der Waals surface area (Å²) in [5, 5.41) is 12.5. The van der Waals surface area contributed by atoms with Crippen molar-refractivity contribution in [3.05, 3.63) is 5.82 Å². The summed E-state index contributed by atoms with van der Waals surface area (Å²) >= 11 is 0. The van der Waals surface area contributed by atoms with Crippen molar-refractivity contribution in [1.82, 2.24) is 14.8 Å². The van der Waals surface area contributed by atoms with Crippen LogP contribution < -0.4 is 5.14 Å². The van der Waals surface area contributed by atoms with E-state index in [1.165, 1.54) is 4.57 Å². The molecular formula is C10H18N4O4S. The van der Waals surface area contributed by atoms with E-state index in [9.17, 15) is 8.42 Å². The average molecular weight is 290 g/mol. The molecule has 1 aromatic heterocycles. The van der Waals surface area contributed by atoms with Crippen molar-refractivity contribution < 1.29 is 17.9 Å². The normalized spacial score (nSPS) is 20.0. The fourth-order valence-corrected chi connectivity index (χ4v) is 2.76. The van der Waals surface area contributed by atoms with E-state index >= 15 is 0 Å². The largest absolute Gasteiger partial charge is 0.383 e. The molecular weight excluding hydrogens is 272 g/mol. The smallest absolute Gasteiger partial charge is 0.273 e. The Hall–Kier alpha value is -1.03. The fraction of sp³-hybridized carbons (Fsp3) is 0.800. The summed E-state index contributed by atoms with van der Waals surface area (Å²) in [6.45, 7) is 1.44. The van der Waals surface area contributed by atoms with E-state index in [1.807, 2.05) is 0 Å². The van der Waals surface area contributed by atoms with Crippen molar-refractivity contribution in [3.63, 3.8) is 0 Å². The Balaban J connectivity index is 2.23. The van der Waals surface area contributed by atoms with Crippen LogP contribution >= 0.6 is 0 Å². The molecule has 1 saturated heterocycles. The van der Waals surface area contributed by atoms with Crippen molar-refractivity contribution in [2.45, 2.75) is 37.1 Å². The molecule has 1 unspecified atom stereocenters. The Labute approximate surface area is 111 Å². The first-order valence-corrected chi connectivity index (χ1v) is 7.62. The molecule has 9 heteroatoms. The van der Waals surface area contributed by atoms with Gasteiger partial charge in [-0.25, -0.2) is 13.6 Å². The van der Waals surface area contributed by atoms with Crippen LogP contribution in [-0.4, -0.2) is 49.6 Å². The minimum Gasteiger partial charge on any atom is -0.383 e. The molecule has 8 nitrogen and oxygen atoms in total. The molecule has 0 saturated carbocycles. The van der Waals surface area contributed by atoms with Gasteiger partial charge in [-0.2, -0.15) is 0 Å². The summed E-state index contributed by atoms with van der Waals surface area (Å²) in [4.78, 5) is 0. The van der Waals surface area contributed by atoms with Crippen molar-refractivity contribution >= 4 is 10.0 Å². The van der Waals surface area contributed by atoms with E-state index < -0.39 is 10.0 Å². The Morgan fingerprint density at radius 2 is 2.32 bits per heavy atom. The SMILES string of the molecule is COCCn1c(CC2CCCO2)nnc1S(N)(=O)=O. The predicted molar refractivity (Wildman–Crippen MR) is 65.9 cm³/mol. The molecule has 2 N–H and O–H groups in total. The third-order valence-corrected chi connectivity index (χ3v) is 3.81. The van der Waals surface area contributed by atoms with Crippen molar-refractivity contribution in [2.75, 3.05) is 20.3 Å². The maximum absolute atomic E-state index is 11.4. The second-order valence-corrected chi connectivity index (χ2v) is 5.88. The minimum absolute atomic E-state index is 0.0684. The summed E-state index contributed by atoms with van der Waals surface area (Å²) in [5.41, 5.74) is 0. The second kappa shape index (κ2) is 5.95. The quantitative estimate of drug-likeness (QED) is 0.741. The standard InChI is InChI=1S/C10H18N4O4S/c1-17-6-4-14-9(7-8-3-2-5-18-8)12-13-10(14)19(11,15)16/h8H,2-7H2,1H3,(H2,11,15,16). The number of ether oxygens (including phenoxy) is 2. The molecule has 108 valence electrons. The van der Waals surface area contributed by atoms with Crippen LogP contribution in [0.15, 0.2) is 5.16 Å². The van der Waals surface area contributed by atoms with Gasteiger partial charge in [0.05, 0.1) is 12.7 Å². The number of primary sulfonamides is 1. The predicted octanol–water partition coefficient (Wildman–Crippen LogP) is -0.707. The van der Waals surface area contributed by atoms with Crippen LogP contribution in [0.5, 0.6) is 0 Å². The van der Waals surface area contributed by atoms with Gasteiger partial charge in [0.1, 0.15) is 5.82 Å². The van der Waals surface area contributed by atoms with Gasteiger partial charge in [0.25, 0.3) is 15.2 Å². The number of nitrogens with two attached hydrogens (primary N) is 1. The highest BCUT2D eigenvalue weighted by atomic mass is 32.2.